The molecule has 0 radical (unpaired) electrons. The normalized spacial score (nSPS) is 18.7. The molecule has 1 aromatic rings. The Balaban J connectivity index is 2.02. The predicted molar refractivity (Wildman–Crippen MR) is 119 cm³/mol. The van der Waals surface area contributed by atoms with Crippen LogP contribution in [0.1, 0.15) is 76.1 Å². The van der Waals surface area contributed by atoms with Gasteiger partial charge in [0.15, 0.2) is 0 Å². The van der Waals surface area contributed by atoms with Gasteiger partial charge in [-0.1, -0.05) is 52.0 Å². The van der Waals surface area contributed by atoms with Crippen LogP contribution in [0.5, 0.6) is 0 Å². The standard InChI is InChI=1S/C21H32N4O5S/c1-4-6-7-8-9-13-21(3)19(27)25(20(28)22-21)23-18(26)16-11-10-12-17(15-16)24-31(29,30)14-5-2/h10-12,15,24H,4-9,13-14H2,1-3H3,(H,22,28)(H,23,26)/t21-/m0/s1. The van der Waals surface area contributed by atoms with Crippen molar-refractivity contribution in [1.29, 1.82) is 0 Å². The molecule has 9 nitrogen and oxygen atoms in total. The molecule has 1 aliphatic heterocycles. The molecular formula is C21H32N4O5S. The fraction of sp³-hybridized carbons (Fsp3) is 0.571. The van der Waals surface area contributed by atoms with Crippen LogP contribution in [0.3, 0.4) is 0 Å². The number of nitrogens with one attached hydrogen (secondary N) is 3. The highest BCUT2D eigenvalue weighted by atomic mass is 32.2. The Kier molecular flexibility index (Phi) is 8.43. The highest BCUT2D eigenvalue weighted by molar-refractivity contribution is 7.92. The number of amides is 4. The number of benzene rings is 1. The predicted octanol–water partition coefficient (Wildman–Crippen LogP) is 3.15. The Morgan fingerprint density at radius 3 is 2.48 bits per heavy atom. The number of hydrogen-bond donors (Lipinski definition) is 3. The molecule has 2 rings (SSSR count). The Hall–Kier alpha value is -2.62. The van der Waals surface area contributed by atoms with E-state index in [9.17, 15) is 22.8 Å². The molecule has 10 heteroatoms. The Labute approximate surface area is 184 Å². The molecular weight excluding hydrogens is 420 g/mol. The van der Waals surface area contributed by atoms with Crippen LogP contribution in [0.25, 0.3) is 0 Å². The van der Waals surface area contributed by atoms with Crippen molar-refractivity contribution in [3.63, 3.8) is 0 Å². The lowest BCUT2D eigenvalue weighted by molar-refractivity contribution is -0.132. The molecule has 1 heterocycles. The zero-order valence-electron chi connectivity index (χ0n) is 18.4. The lowest BCUT2D eigenvalue weighted by Crippen LogP contribution is -2.48. The molecule has 31 heavy (non-hydrogen) atoms. The zero-order valence-corrected chi connectivity index (χ0v) is 19.2. The first-order valence-corrected chi connectivity index (χ1v) is 12.4. The maximum atomic E-state index is 12.8. The van der Waals surface area contributed by atoms with Gasteiger partial charge in [0.25, 0.3) is 11.8 Å². The average molecular weight is 453 g/mol. The van der Waals surface area contributed by atoms with Crippen LogP contribution in [0.4, 0.5) is 10.5 Å². The van der Waals surface area contributed by atoms with Crippen LogP contribution in [-0.2, 0) is 14.8 Å². The van der Waals surface area contributed by atoms with Gasteiger partial charge in [-0.3, -0.25) is 19.7 Å². The molecule has 0 aliphatic carbocycles. The van der Waals surface area contributed by atoms with Gasteiger partial charge in [0.05, 0.1) is 5.75 Å². The van der Waals surface area contributed by atoms with Crippen molar-refractivity contribution in [2.45, 2.75) is 71.3 Å². The minimum atomic E-state index is -3.51. The van der Waals surface area contributed by atoms with Crippen molar-refractivity contribution in [1.82, 2.24) is 15.8 Å². The maximum Gasteiger partial charge on any atom is 0.344 e. The highest BCUT2D eigenvalue weighted by Gasteiger charge is 2.48. The molecule has 1 atom stereocenters. The van der Waals surface area contributed by atoms with Gasteiger partial charge < -0.3 is 5.32 Å². The van der Waals surface area contributed by atoms with E-state index in [0.29, 0.717) is 17.9 Å². The summed E-state index contributed by atoms with van der Waals surface area (Å²) in [6.45, 7) is 5.53. The van der Waals surface area contributed by atoms with Crippen molar-refractivity contribution in [3.05, 3.63) is 29.8 Å². The Morgan fingerprint density at radius 1 is 1.10 bits per heavy atom. The molecule has 172 valence electrons. The van der Waals surface area contributed by atoms with Crippen molar-refractivity contribution in [2.75, 3.05) is 10.5 Å². The zero-order chi connectivity index (χ0) is 23.1. The summed E-state index contributed by atoms with van der Waals surface area (Å²) in [5.74, 6) is -1.24. The van der Waals surface area contributed by atoms with Crippen LogP contribution in [-0.4, -0.2) is 42.6 Å². The van der Waals surface area contributed by atoms with Crippen molar-refractivity contribution < 1.29 is 22.8 Å². The second-order valence-electron chi connectivity index (χ2n) is 8.01. The van der Waals surface area contributed by atoms with E-state index in [-0.39, 0.29) is 17.0 Å². The topological polar surface area (TPSA) is 125 Å². The first kappa shape index (κ1) is 24.6. The third-order valence-corrected chi connectivity index (χ3v) is 6.62. The minimum absolute atomic E-state index is 0.0388. The van der Waals surface area contributed by atoms with Gasteiger partial charge in [0.1, 0.15) is 5.54 Å². The summed E-state index contributed by atoms with van der Waals surface area (Å²) < 4.78 is 26.3. The number of rotatable bonds is 12. The van der Waals surface area contributed by atoms with Crippen LogP contribution >= 0.6 is 0 Å². The number of nitrogens with zero attached hydrogens (tertiary/aromatic N) is 1. The molecule has 0 spiro atoms. The maximum absolute atomic E-state index is 12.8. The molecule has 1 aromatic carbocycles. The van der Waals surface area contributed by atoms with E-state index < -0.39 is 33.4 Å². The summed E-state index contributed by atoms with van der Waals surface area (Å²) in [5, 5.41) is 3.36. The fourth-order valence-corrected chi connectivity index (χ4v) is 4.55. The van der Waals surface area contributed by atoms with Gasteiger partial charge in [-0.15, -0.1) is 0 Å². The van der Waals surface area contributed by atoms with Gasteiger partial charge in [-0.25, -0.2) is 13.2 Å². The van der Waals surface area contributed by atoms with E-state index in [1.54, 1.807) is 13.8 Å². The number of carbonyl (C=O) groups excluding carboxylic acids is 3. The van der Waals surface area contributed by atoms with Crippen LogP contribution < -0.4 is 15.5 Å². The quantitative estimate of drug-likeness (QED) is 0.332. The summed E-state index contributed by atoms with van der Waals surface area (Å²) in [6.07, 6.45) is 6.04. The molecule has 3 N–H and O–H groups in total. The minimum Gasteiger partial charge on any atom is -0.322 e. The van der Waals surface area contributed by atoms with Crippen LogP contribution in [0.15, 0.2) is 24.3 Å². The molecule has 0 bridgehead atoms. The van der Waals surface area contributed by atoms with E-state index >= 15 is 0 Å². The highest BCUT2D eigenvalue weighted by Crippen LogP contribution is 2.23. The first-order valence-electron chi connectivity index (χ1n) is 10.7. The fourth-order valence-electron chi connectivity index (χ4n) is 3.43. The van der Waals surface area contributed by atoms with Crippen LogP contribution in [0.2, 0.25) is 0 Å². The second kappa shape index (κ2) is 10.6. The number of urea groups is 1. The summed E-state index contributed by atoms with van der Waals surface area (Å²) >= 11 is 0. The smallest absolute Gasteiger partial charge is 0.322 e. The summed E-state index contributed by atoms with van der Waals surface area (Å²) in [5.41, 5.74) is 1.62. The summed E-state index contributed by atoms with van der Waals surface area (Å²) in [6, 6.07) is 5.18. The number of sulfonamides is 1. The van der Waals surface area contributed by atoms with E-state index in [4.69, 9.17) is 0 Å². The Morgan fingerprint density at radius 2 is 1.81 bits per heavy atom. The number of carbonyl (C=O) groups is 3. The number of unbranched alkanes of at least 4 members (excludes halogenated alkanes) is 4. The third-order valence-electron chi connectivity index (χ3n) is 5.13. The number of anilines is 1. The van der Waals surface area contributed by atoms with E-state index in [0.717, 1.165) is 32.1 Å². The largest absolute Gasteiger partial charge is 0.344 e. The number of imide groups is 1. The summed E-state index contributed by atoms with van der Waals surface area (Å²) in [4.78, 5) is 37.7. The average Bonchev–Trinajstić information content (AvgIpc) is 2.90. The number of hydrazine groups is 1. The first-order chi connectivity index (χ1) is 14.6. The molecule has 1 saturated heterocycles. The molecule has 1 aliphatic rings. The van der Waals surface area contributed by atoms with Gasteiger partial charge >= 0.3 is 6.03 Å². The third kappa shape index (κ3) is 6.68. The van der Waals surface area contributed by atoms with Gasteiger partial charge in [0.2, 0.25) is 10.0 Å². The van der Waals surface area contributed by atoms with Gasteiger partial charge in [0, 0.05) is 11.3 Å². The Bertz CT molecular complexity index is 918. The van der Waals surface area contributed by atoms with E-state index in [1.807, 2.05) is 0 Å². The molecule has 0 aromatic heterocycles. The van der Waals surface area contributed by atoms with Gasteiger partial charge in [-0.05, 0) is 38.0 Å². The van der Waals surface area contributed by atoms with Crippen LogP contribution in [0, 0.1) is 0 Å². The molecule has 0 unspecified atom stereocenters. The molecule has 1 fully saturated rings. The van der Waals surface area contributed by atoms with Gasteiger partial charge in [-0.2, -0.15) is 5.01 Å². The van der Waals surface area contributed by atoms with Crippen molar-refractivity contribution in [2.24, 2.45) is 0 Å². The monoisotopic (exact) mass is 452 g/mol. The second-order valence-corrected chi connectivity index (χ2v) is 9.85. The summed E-state index contributed by atoms with van der Waals surface area (Å²) in [7, 11) is -3.51. The van der Waals surface area contributed by atoms with E-state index in [1.165, 1.54) is 24.3 Å². The number of hydrogen-bond acceptors (Lipinski definition) is 5. The lowest BCUT2D eigenvalue weighted by atomic mass is 9.94. The molecule has 0 saturated carbocycles. The molecule has 4 amide bonds. The lowest BCUT2D eigenvalue weighted by Gasteiger charge is -2.21. The van der Waals surface area contributed by atoms with E-state index in [2.05, 4.69) is 22.4 Å². The van der Waals surface area contributed by atoms with Crippen molar-refractivity contribution in [3.8, 4) is 0 Å². The van der Waals surface area contributed by atoms with Crippen molar-refractivity contribution >= 4 is 33.6 Å². The SMILES string of the molecule is CCCCCCC[C@]1(C)NC(=O)N(NC(=O)c2cccc(NS(=O)(=O)CCC)c2)C1=O.